The third-order valence-corrected chi connectivity index (χ3v) is 6.94. The van der Waals surface area contributed by atoms with Crippen LogP contribution in [0.25, 0.3) is 0 Å². The maximum absolute atomic E-state index is 12.9. The van der Waals surface area contributed by atoms with Crippen molar-refractivity contribution in [3.05, 3.63) is 65.2 Å². The number of hydrogen-bond acceptors (Lipinski definition) is 4. The van der Waals surface area contributed by atoms with Gasteiger partial charge < -0.3 is 10.1 Å². The number of thioether (sulfide) groups is 1. The molecule has 0 spiro atoms. The zero-order valence-electron chi connectivity index (χ0n) is 16.9. The highest BCUT2D eigenvalue weighted by atomic mass is 32.2. The predicted octanol–water partition coefficient (Wildman–Crippen LogP) is 4.48. The van der Waals surface area contributed by atoms with Crippen molar-refractivity contribution in [3.8, 4) is 0 Å². The maximum atomic E-state index is 12.9. The van der Waals surface area contributed by atoms with Gasteiger partial charge in [-0.3, -0.25) is 9.69 Å². The highest BCUT2D eigenvalue weighted by Crippen LogP contribution is 2.27. The summed E-state index contributed by atoms with van der Waals surface area (Å²) in [5, 5.41) is 3.15. The van der Waals surface area contributed by atoms with Crippen molar-refractivity contribution >= 4 is 17.7 Å². The van der Waals surface area contributed by atoms with Crippen molar-refractivity contribution in [1.82, 2.24) is 10.2 Å². The second-order valence-corrected chi connectivity index (χ2v) is 8.94. The molecule has 2 heterocycles. The number of nitrogens with one attached hydrogen (secondary N) is 1. The summed E-state index contributed by atoms with van der Waals surface area (Å²) in [6.07, 6.45) is 5.16. The van der Waals surface area contributed by atoms with E-state index in [0.29, 0.717) is 12.6 Å². The Morgan fingerprint density at radius 3 is 2.59 bits per heavy atom. The van der Waals surface area contributed by atoms with Crippen molar-refractivity contribution in [1.29, 1.82) is 0 Å². The second kappa shape index (κ2) is 10.3. The average Bonchev–Trinajstić information content (AvgIpc) is 3.46. The molecule has 29 heavy (non-hydrogen) atoms. The van der Waals surface area contributed by atoms with Crippen molar-refractivity contribution in [3.63, 3.8) is 0 Å². The lowest BCUT2D eigenvalue weighted by Crippen LogP contribution is -2.25. The number of ether oxygens (including phenoxy) is 1. The number of likely N-dealkylation sites (tertiary alicyclic amines) is 1. The largest absolute Gasteiger partial charge is 0.377 e. The molecule has 1 N–H and O–H groups in total. The van der Waals surface area contributed by atoms with Crippen LogP contribution >= 0.6 is 11.8 Å². The van der Waals surface area contributed by atoms with Crippen molar-refractivity contribution in [2.24, 2.45) is 0 Å². The minimum absolute atomic E-state index is 0.00332. The van der Waals surface area contributed by atoms with Gasteiger partial charge in [0.15, 0.2) is 0 Å². The lowest BCUT2D eigenvalue weighted by atomic mass is 10.1. The number of carbonyl (C=O) groups excluding carboxylic acids is 1. The van der Waals surface area contributed by atoms with Crippen LogP contribution in [0.1, 0.15) is 47.2 Å². The smallest absolute Gasteiger partial charge is 0.252 e. The summed E-state index contributed by atoms with van der Waals surface area (Å²) < 4.78 is 5.72. The van der Waals surface area contributed by atoms with E-state index >= 15 is 0 Å². The molecule has 1 atom stereocenters. The molecular weight excluding hydrogens is 380 g/mol. The lowest BCUT2D eigenvalue weighted by molar-refractivity contribution is 0.0947. The standard InChI is InChI=1S/C24H30N2O2S/c27-24(22-11-3-4-12-23(22)29-18-21-10-7-15-28-21)25-16-19-8-1-2-9-20(19)17-26-13-5-6-14-26/h1-4,8-9,11-12,21H,5-7,10,13-18H2,(H,25,27)/t21-/m0/s1. The van der Waals surface area contributed by atoms with Crippen LogP contribution in [0.4, 0.5) is 0 Å². The third kappa shape index (κ3) is 5.62. The van der Waals surface area contributed by atoms with Gasteiger partial charge in [-0.15, -0.1) is 11.8 Å². The highest BCUT2D eigenvalue weighted by Gasteiger charge is 2.18. The molecular formula is C24H30N2O2S. The SMILES string of the molecule is O=C(NCc1ccccc1CN1CCCC1)c1ccccc1SC[C@@H]1CCCO1. The fourth-order valence-corrected chi connectivity index (χ4v) is 5.19. The summed E-state index contributed by atoms with van der Waals surface area (Å²) in [5.41, 5.74) is 3.28. The molecule has 2 saturated heterocycles. The molecule has 2 aromatic carbocycles. The Morgan fingerprint density at radius 2 is 1.79 bits per heavy atom. The van der Waals surface area contributed by atoms with Gasteiger partial charge >= 0.3 is 0 Å². The number of nitrogens with zero attached hydrogens (tertiary/aromatic N) is 1. The van der Waals surface area contributed by atoms with E-state index < -0.39 is 0 Å². The van der Waals surface area contributed by atoms with Crippen LogP contribution in [0.2, 0.25) is 0 Å². The molecule has 4 nitrogen and oxygen atoms in total. The van der Waals surface area contributed by atoms with E-state index in [0.717, 1.165) is 42.2 Å². The van der Waals surface area contributed by atoms with Gasteiger partial charge in [-0.2, -0.15) is 0 Å². The van der Waals surface area contributed by atoms with E-state index in [9.17, 15) is 4.79 Å². The summed E-state index contributed by atoms with van der Waals surface area (Å²) in [4.78, 5) is 16.5. The normalized spacial score (nSPS) is 19.5. The van der Waals surface area contributed by atoms with Crippen molar-refractivity contribution < 1.29 is 9.53 Å². The van der Waals surface area contributed by atoms with Gasteiger partial charge in [0.05, 0.1) is 11.7 Å². The van der Waals surface area contributed by atoms with E-state index in [1.165, 1.54) is 37.1 Å². The maximum Gasteiger partial charge on any atom is 0.252 e. The van der Waals surface area contributed by atoms with Gasteiger partial charge in [-0.1, -0.05) is 36.4 Å². The van der Waals surface area contributed by atoms with Crippen LogP contribution < -0.4 is 5.32 Å². The van der Waals surface area contributed by atoms with Gasteiger partial charge in [-0.25, -0.2) is 0 Å². The summed E-state index contributed by atoms with van der Waals surface area (Å²) in [6, 6.07) is 16.4. The first kappa shape index (κ1) is 20.5. The van der Waals surface area contributed by atoms with Crippen molar-refractivity contribution in [2.45, 2.75) is 49.8 Å². The van der Waals surface area contributed by atoms with Crippen LogP contribution in [0.5, 0.6) is 0 Å². The quantitative estimate of drug-likeness (QED) is 0.652. The van der Waals surface area contributed by atoms with E-state index in [2.05, 4.69) is 34.5 Å². The Balaban J connectivity index is 1.37. The molecule has 2 aromatic rings. The molecule has 0 saturated carbocycles. The average molecular weight is 411 g/mol. The van der Waals surface area contributed by atoms with E-state index in [4.69, 9.17) is 4.74 Å². The monoisotopic (exact) mass is 410 g/mol. The van der Waals surface area contributed by atoms with Crippen LogP contribution in [-0.2, 0) is 17.8 Å². The van der Waals surface area contributed by atoms with E-state index in [-0.39, 0.29) is 5.91 Å². The Bertz CT molecular complexity index is 814. The Hall–Kier alpha value is -1.82. The molecule has 4 rings (SSSR count). The molecule has 0 bridgehead atoms. The van der Waals surface area contributed by atoms with Crippen LogP contribution in [0.15, 0.2) is 53.4 Å². The number of hydrogen-bond donors (Lipinski definition) is 1. The summed E-state index contributed by atoms with van der Waals surface area (Å²) >= 11 is 1.73. The lowest BCUT2D eigenvalue weighted by Gasteiger charge is -2.18. The molecule has 1 amide bonds. The molecule has 154 valence electrons. The minimum atomic E-state index is -0.00332. The van der Waals surface area contributed by atoms with E-state index in [1.807, 2.05) is 24.3 Å². The van der Waals surface area contributed by atoms with Gasteiger partial charge in [-0.05, 0) is 62.0 Å². The predicted molar refractivity (Wildman–Crippen MR) is 118 cm³/mol. The number of rotatable bonds is 8. The molecule has 2 fully saturated rings. The third-order valence-electron chi connectivity index (χ3n) is 5.73. The summed E-state index contributed by atoms with van der Waals surface area (Å²) in [6.45, 7) is 4.75. The van der Waals surface area contributed by atoms with Crippen LogP contribution in [0, 0.1) is 0 Å². The minimum Gasteiger partial charge on any atom is -0.377 e. The second-order valence-electron chi connectivity index (χ2n) is 7.88. The summed E-state index contributed by atoms with van der Waals surface area (Å²) in [7, 11) is 0. The molecule has 2 aliphatic rings. The van der Waals surface area contributed by atoms with Gasteiger partial charge in [0.2, 0.25) is 0 Å². The van der Waals surface area contributed by atoms with Gasteiger partial charge in [0.1, 0.15) is 0 Å². The van der Waals surface area contributed by atoms with Gasteiger partial charge in [0.25, 0.3) is 5.91 Å². The fraction of sp³-hybridized carbons (Fsp3) is 0.458. The Labute approximate surface area is 178 Å². The van der Waals surface area contributed by atoms with Crippen LogP contribution in [0.3, 0.4) is 0 Å². The molecule has 2 aliphatic heterocycles. The molecule has 0 aliphatic carbocycles. The topological polar surface area (TPSA) is 41.6 Å². The zero-order valence-corrected chi connectivity index (χ0v) is 17.8. The molecule has 0 aromatic heterocycles. The zero-order chi connectivity index (χ0) is 19.9. The summed E-state index contributed by atoms with van der Waals surface area (Å²) in [5.74, 6) is 0.902. The fourth-order valence-electron chi connectivity index (χ4n) is 4.08. The highest BCUT2D eigenvalue weighted by molar-refractivity contribution is 7.99. The van der Waals surface area contributed by atoms with Crippen LogP contribution in [-0.4, -0.2) is 42.4 Å². The molecule has 5 heteroatoms. The number of carbonyl (C=O) groups is 1. The Kier molecular flexibility index (Phi) is 7.25. The first-order chi connectivity index (χ1) is 14.3. The van der Waals surface area contributed by atoms with E-state index in [1.54, 1.807) is 11.8 Å². The number of amides is 1. The molecule has 0 radical (unpaired) electrons. The first-order valence-corrected chi connectivity index (χ1v) is 11.7. The van der Waals surface area contributed by atoms with Crippen molar-refractivity contribution in [2.75, 3.05) is 25.4 Å². The first-order valence-electron chi connectivity index (χ1n) is 10.7. The Morgan fingerprint density at radius 1 is 1.03 bits per heavy atom. The molecule has 0 unspecified atom stereocenters. The number of benzene rings is 2. The van der Waals surface area contributed by atoms with Gasteiger partial charge in [0, 0.05) is 30.3 Å².